The van der Waals surface area contributed by atoms with Gasteiger partial charge in [0.2, 0.25) is 0 Å². The van der Waals surface area contributed by atoms with E-state index in [1.807, 2.05) is 156 Å². The molecule has 3 N–H and O–H groups in total. The Morgan fingerprint density at radius 2 is 0.753 bits per heavy atom. The third-order valence-corrected chi connectivity index (χ3v) is 20.3. The number of para-hydroxylation sites is 6. The van der Waals surface area contributed by atoms with Gasteiger partial charge in [0.1, 0.15) is 0 Å². The van der Waals surface area contributed by atoms with Crippen LogP contribution in [0.4, 0.5) is 64.4 Å². The van der Waals surface area contributed by atoms with Crippen molar-refractivity contribution in [3.8, 4) is 11.1 Å². The van der Waals surface area contributed by atoms with E-state index >= 15 is 0 Å². The molecule has 1 heterocycles. The maximum Gasteiger partial charge on any atom is 0.522 e. The Kier molecular flexibility index (Phi) is 26.4. The number of thiophene rings is 1. The Balaban J connectivity index is 0.000000153. The fourth-order valence-electron chi connectivity index (χ4n) is 10.0. The third-order valence-electron chi connectivity index (χ3n) is 14.4. The Morgan fingerprint density at radius 1 is 0.412 bits per heavy atom. The molecule has 492 valence electrons. The van der Waals surface area contributed by atoms with Crippen molar-refractivity contribution in [3.05, 3.63) is 320 Å². The van der Waals surface area contributed by atoms with E-state index in [0.29, 0.717) is 4.90 Å². The summed E-state index contributed by atoms with van der Waals surface area (Å²) in [6.45, 7) is 0. The topological polar surface area (TPSA) is 139 Å². The summed E-state index contributed by atoms with van der Waals surface area (Å²) in [5.74, 6) is 0. The van der Waals surface area contributed by atoms with Crippen LogP contribution < -0.4 is 20.2 Å². The number of hydrogen-bond donors (Lipinski definition) is 3. The van der Waals surface area contributed by atoms with Crippen LogP contribution in [-0.2, 0) is 31.7 Å². The molecule has 0 radical (unpaired) electrons. The Morgan fingerprint density at radius 3 is 1.11 bits per heavy atom. The van der Waals surface area contributed by atoms with Crippen molar-refractivity contribution in [2.75, 3.05) is 27.2 Å². The number of hydrogen-bond acceptors (Lipinski definition) is 10. The molecule has 2 unspecified atom stereocenters. The molecule has 0 aliphatic heterocycles. The van der Waals surface area contributed by atoms with E-state index in [2.05, 4.69) is 232 Å². The van der Waals surface area contributed by atoms with E-state index in [1.54, 1.807) is 18.4 Å². The number of halogens is 7. The van der Waals surface area contributed by atoms with E-state index in [0.717, 1.165) is 74.9 Å². The third kappa shape index (κ3) is 20.1. The second kappa shape index (κ2) is 34.8. The average molecular weight is 1680 g/mol. The monoisotopic (exact) mass is 1670 g/mol. The molecule has 13 rings (SSSR count). The molecule has 97 heavy (non-hydrogen) atoms. The molecule has 12 aromatic carbocycles. The van der Waals surface area contributed by atoms with E-state index in [1.165, 1.54) is 35.7 Å². The van der Waals surface area contributed by atoms with Crippen LogP contribution in [-0.4, -0.2) is 56.6 Å². The first kappa shape index (κ1) is 73.7. The molecule has 0 amide bonds. The van der Waals surface area contributed by atoms with Gasteiger partial charge in [-0.25, -0.2) is 0 Å². The average Bonchev–Trinajstić information content (AvgIpc) is 1.70. The summed E-state index contributed by atoms with van der Waals surface area (Å²) in [6.07, 6.45) is 3.25. The number of nitrogens with zero attached hydrogens (tertiary/aromatic N) is 3. The summed E-state index contributed by atoms with van der Waals surface area (Å²) >= 11 is 14.5. The highest BCUT2D eigenvalue weighted by Gasteiger charge is 2.44. The number of alkyl halides is 3. The predicted octanol–water partition coefficient (Wildman–Crippen LogP) is 21.6. The van der Waals surface area contributed by atoms with Gasteiger partial charge in [-0.1, -0.05) is 175 Å². The molecule has 0 aliphatic carbocycles. The molecule has 0 aliphatic rings. The maximum atomic E-state index is 12.4. The van der Waals surface area contributed by atoms with Crippen LogP contribution in [0.15, 0.2) is 327 Å². The van der Waals surface area contributed by atoms with Crippen LogP contribution in [0.2, 0.25) is 0 Å². The van der Waals surface area contributed by atoms with Gasteiger partial charge in [-0.3, -0.25) is 13.0 Å². The second-order valence-corrected chi connectivity index (χ2v) is 30.2. The van der Waals surface area contributed by atoms with Crippen molar-refractivity contribution in [1.29, 1.82) is 0 Å². The lowest BCUT2D eigenvalue weighted by Gasteiger charge is -2.26. The van der Waals surface area contributed by atoms with Crippen molar-refractivity contribution in [2.45, 2.75) is 15.3 Å². The summed E-state index contributed by atoms with van der Waals surface area (Å²) < 4.78 is 89.0. The molecule has 0 bridgehead atoms. The first-order valence-electron chi connectivity index (χ1n) is 29.4. The molecule has 0 spiro atoms. The van der Waals surface area contributed by atoms with Crippen LogP contribution in [0.5, 0.6) is 0 Å². The van der Waals surface area contributed by atoms with Crippen LogP contribution in [0.1, 0.15) is 0 Å². The van der Waals surface area contributed by atoms with Gasteiger partial charge in [0, 0.05) is 127 Å². The van der Waals surface area contributed by atoms with Crippen LogP contribution in [0.25, 0.3) is 31.3 Å². The zero-order valence-electron chi connectivity index (χ0n) is 51.5. The number of benzene rings is 12. The zero-order valence-corrected chi connectivity index (χ0v) is 61.7. The van der Waals surface area contributed by atoms with Gasteiger partial charge >= 0.3 is 22.7 Å². The van der Waals surface area contributed by atoms with Gasteiger partial charge < -0.3 is 24.7 Å². The van der Waals surface area contributed by atoms with Gasteiger partial charge in [0.05, 0.1) is 10.8 Å². The Bertz CT molecular complexity index is 4740. The molecule has 2 atom stereocenters. The van der Waals surface area contributed by atoms with Crippen LogP contribution in [0, 0.1) is 3.57 Å². The molecule has 0 fully saturated rings. The van der Waals surface area contributed by atoms with E-state index in [-0.39, 0.29) is 5.46 Å². The van der Waals surface area contributed by atoms with Crippen molar-refractivity contribution in [1.82, 2.24) is 0 Å². The van der Waals surface area contributed by atoms with Crippen molar-refractivity contribution in [3.63, 3.8) is 0 Å². The maximum absolute atomic E-state index is 12.4. The highest BCUT2D eigenvalue weighted by atomic mass is 127. The lowest BCUT2D eigenvalue weighted by Crippen LogP contribution is -2.33. The largest absolute Gasteiger partial charge is 0.522 e. The number of fused-ring (bicyclic) bond motifs is 3. The van der Waals surface area contributed by atoms with Crippen molar-refractivity contribution >= 4 is 197 Å². The van der Waals surface area contributed by atoms with Gasteiger partial charge in [0.25, 0.3) is 0 Å². The molecule has 13 aromatic rings. The zero-order chi connectivity index (χ0) is 69.2. The van der Waals surface area contributed by atoms with Gasteiger partial charge in [0.15, 0.2) is 0 Å². The molecule has 22 heteroatoms. The van der Waals surface area contributed by atoms with Crippen LogP contribution in [0.3, 0.4) is 0 Å². The summed E-state index contributed by atoms with van der Waals surface area (Å²) in [6, 6.07) is 102. The van der Waals surface area contributed by atoms with Crippen LogP contribution >= 0.6 is 81.7 Å². The highest BCUT2D eigenvalue weighted by Crippen LogP contribution is 2.43. The highest BCUT2D eigenvalue weighted by molar-refractivity contribution is 14.1. The Labute approximate surface area is 610 Å². The summed E-state index contributed by atoms with van der Waals surface area (Å²) in [5, 5.41) is 22.0. The molecule has 1 aromatic heterocycles. The van der Waals surface area contributed by atoms with Crippen molar-refractivity contribution in [2.24, 2.45) is 0 Å². The smallest absolute Gasteiger partial charge is 0.423 e. The normalized spacial score (nSPS) is 11.6. The van der Waals surface area contributed by atoms with E-state index in [9.17, 15) is 31.6 Å². The van der Waals surface area contributed by atoms with Gasteiger partial charge in [-0.05, 0) is 210 Å². The molecular formula is C75H59BBr3F3IN3O7S4. The predicted molar refractivity (Wildman–Crippen MR) is 416 cm³/mol. The minimum Gasteiger partial charge on any atom is -0.423 e. The first-order valence-corrected chi connectivity index (χ1v) is 38.2. The van der Waals surface area contributed by atoms with E-state index in [4.69, 9.17) is 13.0 Å². The summed E-state index contributed by atoms with van der Waals surface area (Å²) in [5.41, 5.74) is 6.03. The lowest BCUT2D eigenvalue weighted by molar-refractivity contribution is -0.0510. The Hall–Kier alpha value is -7.59. The minimum atomic E-state index is -5.84. The second-order valence-electron chi connectivity index (χ2n) is 21.0. The number of anilines is 9. The summed E-state index contributed by atoms with van der Waals surface area (Å²) in [4.78, 5) is 7.78. The fourth-order valence-corrected chi connectivity index (χ4v) is 14.0. The van der Waals surface area contributed by atoms with Crippen molar-refractivity contribution < 1.29 is 44.6 Å². The summed E-state index contributed by atoms with van der Waals surface area (Å²) in [7, 11) is -9.93. The van der Waals surface area contributed by atoms with E-state index < -0.39 is 44.3 Å². The molecule has 0 saturated carbocycles. The quantitative estimate of drug-likeness (QED) is 0.0443. The fraction of sp³-hybridized carbons (Fsp3) is 0.0400. The van der Waals surface area contributed by atoms with Gasteiger partial charge in [-0.2, -0.15) is 21.6 Å². The first-order chi connectivity index (χ1) is 46.5. The number of rotatable bonds is 13. The standard InChI is InChI=1S/C25H20BrNOS.C24H16BrNS.C19H18BNO3S.C6H4BrI.CHF3O3S/c1-29(28)25-17-16-23(18-24(25)19-12-14-20(26)15-13-19)27(21-8-4-2-5-9-21)22-10-6-3-7-11-22;25-17-11-13-21-22-16-20(12-14-23(22)27-24(21)15-17)26(18-7-3-1-4-8-18)19-9-5-2-6-10-19;1-25(24)19-13-12-17(14-18(19)20(22)23)21(15-8-4-2-5-9-15)16-10-6-3-7-11-16;7-5-1-3-6(8)4-2-5;2-1(3,4)8(5,6)7/h2-18H,1H3;1-16H;2-14,22-23H,1H3;1-4H;(H,5,6,7). The molecule has 0 saturated heterocycles. The minimum absolute atomic E-state index is 0.246. The SMILES string of the molecule is Brc1ccc(I)cc1.Brc1ccc2c(c1)sc1ccc(N(c3ccccc3)c3ccccc3)cc12.CS(=O)c1ccc(N(c2ccccc2)c2ccccc2)cc1-c1ccc(Br)cc1.CS(=O)c1ccc(N(c2ccccc2)c2ccccc2)cc1B(O)O.O=S(=O)(O)C(F)(F)F. The molecule has 10 nitrogen and oxygen atoms in total. The lowest BCUT2D eigenvalue weighted by atomic mass is 9.80. The molecular weight excluding hydrogens is 1620 g/mol. The van der Waals surface area contributed by atoms with Gasteiger partial charge in [-0.15, -0.1) is 11.3 Å².